The van der Waals surface area contributed by atoms with Crippen molar-refractivity contribution in [1.29, 1.82) is 5.26 Å². The molecule has 5 nitrogen and oxygen atoms in total. The molecule has 0 aliphatic carbocycles. The fourth-order valence-corrected chi connectivity index (χ4v) is 1.82. The average Bonchev–Trinajstić information content (AvgIpc) is 2.45. The van der Waals surface area contributed by atoms with E-state index in [9.17, 15) is 18.9 Å². The van der Waals surface area contributed by atoms with Gasteiger partial charge in [-0.3, -0.25) is 10.1 Å². The SMILES string of the molecule is N#Cc1cccc(CNc2c(F)cc(F)cc2[N+](=O)[O-])c1. The van der Waals surface area contributed by atoms with Crippen LogP contribution in [-0.4, -0.2) is 4.92 Å². The molecule has 0 bridgehead atoms. The molecule has 0 atom stereocenters. The minimum Gasteiger partial charge on any atom is -0.373 e. The summed E-state index contributed by atoms with van der Waals surface area (Å²) in [6, 6.07) is 9.67. The van der Waals surface area contributed by atoms with Crippen molar-refractivity contribution in [1.82, 2.24) is 0 Å². The van der Waals surface area contributed by atoms with Crippen LogP contribution in [0.15, 0.2) is 36.4 Å². The number of halogens is 2. The van der Waals surface area contributed by atoms with Gasteiger partial charge in [0.2, 0.25) is 0 Å². The highest BCUT2D eigenvalue weighted by atomic mass is 19.1. The van der Waals surface area contributed by atoms with Gasteiger partial charge in [0.25, 0.3) is 5.69 Å². The van der Waals surface area contributed by atoms with Crippen molar-refractivity contribution in [2.45, 2.75) is 6.54 Å². The summed E-state index contributed by atoms with van der Waals surface area (Å²) in [5.74, 6) is -2.06. The number of nitro benzene ring substituents is 1. The largest absolute Gasteiger partial charge is 0.373 e. The number of hydrogen-bond acceptors (Lipinski definition) is 4. The minimum atomic E-state index is -1.04. The second-order valence-electron chi connectivity index (χ2n) is 4.20. The van der Waals surface area contributed by atoms with Crippen LogP contribution in [0.3, 0.4) is 0 Å². The zero-order valence-corrected chi connectivity index (χ0v) is 10.6. The number of benzene rings is 2. The summed E-state index contributed by atoms with van der Waals surface area (Å²) in [5, 5.41) is 22.2. The summed E-state index contributed by atoms with van der Waals surface area (Å²) in [6.45, 7) is 0.0684. The van der Waals surface area contributed by atoms with Crippen molar-refractivity contribution >= 4 is 11.4 Å². The van der Waals surface area contributed by atoms with Gasteiger partial charge in [-0.2, -0.15) is 5.26 Å². The van der Waals surface area contributed by atoms with Gasteiger partial charge in [0, 0.05) is 12.6 Å². The minimum absolute atomic E-state index is 0.0684. The highest BCUT2D eigenvalue weighted by Crippen LogP contribution is 2.29. The Morgan fingerprint density at radius 2 is 2.05 bits per heavy atom. The van der Waals surface area contributed by atoms with Gasteiger partial charge in [-0.1, -0.05) is 12.1 Å². The molecular formula is C14H9F2N3O2. The lowest BCUT2D eigenvalue weighted by molar-refractivity contribution is -0.384. The molecule has 0 saturated heterocycles. The van der Waals surface area contributed by atoms with Gasteiger partial charge >= 0.3 is 0 Å². The van der Waals surface area contributed by atoms with E-state index >= 15 is 0 Å². The quantitative estimate of drug-likeness (QED) is 0.691. The Morgan fingerprint density at radius 1 is 1.29 bits per heavy atom. The molecule has 0 saturated carbocycles. The van der Waals surface area contributed by atoms with Crippen LogP contribution in [0.4, 0.5) is 20.2 Å². The monoisotopic (exact) mass is 289 g/mol. The third-order valence-electron chi connectivity index (χ3n) is 2.76. The first kappa shape index (κ1) is 14.4. The summed E-state index contributed by atoms with van der Waals surface area (Å²) >= 11 is 0. The molecule has 0 aromatic heterocycles. The summed E-state index contributed by atoms with van der Waals surface area (Å²) in [6.07, 6.45) is 0. The molecule has 2 rings (SSSR count). The molecule has 0 fully saturated rings. The second kappa shape index (κ2) is 5.96. The molecule has 2 aromatic rings. The number of nitrogens with zero attached hydrogens (tertiary/aromatic N) is 2. The molecule has 106 valence electrons. The number of nitro groups is 1. The average molecular weight is 289 g/mol. The zero-order chi connectivity index (χ0) is 15.4. The highest BCUT2D eigenvalue weighted by molar-refractivity contribution is 5.62. The molecule has 0 amide bonds. The first-order chi connectivity index (χ1) is 10.0. The Labute approximate surface area is 118 Å². The molecule has 1 N–H and O–H groups in total. The Bertz CT molecular complexity index is 741. The molecule has 0 aliphatic rings. The Balaban J connectivity index is 2.27. The Kier molecular flexibility index (Phi) is 4.09. The van der Waals surface area contributed by atoms with Gasteiger partial charge in [-0.15, -0.1) is 0 Å². The molecule has 2 aromatic carbocycles. The molecular weight excluding hydrogens is 280 g/mol. The van der Waals surface area contributed by atoms with Gasteiger partial charge in [-0.25, -0.2) is 8.78 Å². The van der Waals surface area contributed by atoms with E-state index in [0.717, 1.165) is 0 Å². The van der Waals surface area contributed by atoms with Crippen LogP contribution in [0.2, 0.25) is 0 Å². The number of rotatable bonds is 4. The number of anilines is 1. The smallest absolute Gasteiger partial charge is 0.298 e. The van der Waals surface area contributed by atoms with Gasteiger partial charge in [0.1, 0.15) is 11.5 Å². The van der Waals surface area contributed by atoms with E-state index in [4.69, 9.17) is 5.26 Å². The van der Waals surface area contributed by atoms with Gasteiger partial charge in [-0.05, 0) is 17.7 Å². The van der Waals surface area contributed by atoms with Gasteiger partial charge in [0.15, 0.2) is 5.82 Å². The summed E-state index contributed by atoms with van der Waals surface area (Å²) < 4.78 is 26.7. The second-order valence-corrected chi connectivity index (χ2v) is 4.20. The van der Waals surface area contributed by atoms with Crippen LogP contribution < -0.4 is 5.32 Å². The van der Waals surface area contributed by atoms with E-state index in [1.165, 1.54) is 0 Å². The lowest BCUT2D eigenvalue weighted by Crippen LogP contribution is -2.05. The van der Waals surface area contributed by atoms with Crippen molar-refractivity contribution in [2.75, 3.05) is 5.32 Å². The Morgan fingerprint density at radius 3 is 2.71 bits per heavy atom. The van der Waals surface area contributed by atoms with E-state index in [-0.39, 0.29) is 12.2 Å². The van der Waals surface area contributed by atoms with E-state index in [1.807, 2.05) is 6.07 Å². The van der Waals surface area contributed by atoms with E-state index in [2.05, 4.69) is 5.32 Å². The van der Waals surface area contributed by atoms with Crippen LogP contribution in [-0.2, 0) is 6.54 Å². The van der Waals surface area contributed by atoms with Crippen LogP contribution in [0.25, 0.3) is 0 Å². The first-order valence-electron chi connectivity index (χ1n) is 5.87. The van der Waals surface area contributed by atoms with Crippen LogP contribution in [0.5, 0.6) is 0 Å². The number of nitrogens with one attached hydrogen (secondary N) is 1. The van der Waals surface area contributed by atoms with Crippen LogP contribution in [0.1, 0.15) is 11.1 Å². The maximum Gasteiger partial charge on any atom is 0.298 e. The van der Waals surface area contributed by atoms with Crippen molar-refractivity contribution in [3.8, 4) is 6.07 Å². The molecule has 21 heavy (non-hydrogen) atoms. The van der Waals surface area contributed by atoms with Crippen LogP contribution in [0, 0.1) is 33.1 Å². The van der Waals surface area contributed by atoms with E-state index < -0.39 is 22.2 Å². The van der Waals surface area contributed by atoms with Gasteiger partial charge < -0.3 is 5.32 Å². The molecule has 0 spiro atoms. The molecule has 0 unspecified atom stereocenters. The maximum atomic E-state index is 13.7. The Hall–Kier alpha value is -3.01. The topological polar surface area (TPSA) is 79.0 Å². The number of hydrogen-bond donors (Lipinski definition) is 1. The molecule has 0 radical (unpaired) electrons. The van der Waals surface area contributed by atoms with Crippen molar-refractivity contribution in [3.05, 3.63) is 69.3 Å². The van der Waals surface area contributed by atoms with E-state index in [0.29, 0.717) is 23.3 Å². The van der Waals surface area contributed by atoms with Crippen molar-refractivity contribution in [3.63, 3.8) is 0 Å². The van der Waals surface area contributed by atoms with Crippen LogP contribution >= 0.6 is 0 Å². The van der Waals surface area contributed by atoms with Crippen molar-refractivity contribution < 1.29 is 13.7 Å². The third kappa shape index (κ3) is 3.30. The zero-order valence-electron chi connectivity index (χ0n) is 10.6. The molecule has 0 aliphatic heterocycles. The summed E-state index contributed by atoms with van der Waals surface area (Å²) in [4.78, 5) is 9.97. The predicted octanol–water partition coefficient (Wildman–Crippen LogP) is 3.36. The van der Waals surface area contributed by atoms with Gasteiger partial charge in [0.05, 0.1) is 22.6 Å². The lowest BCUT2D eigenvalue weighted by atomic mass is 10.1. The first-order valence-corrected chi connectivity index (χ1v) is 5.87. The number of nitriles is 1. The summed E-state index contributed by atoms with van der Waals surface area (Å²) in [5.41, 5.74) is 0.00292. The summed E-state index contributed by atoms with van der Waals surface area (Å²) in [7, 11) is 0. The van der Waals surface area contributed by atoms with E-state index in [1.54, 1.807) is 24.3 Å². The standard InChI is InChI=1S/C14H9F2N3O2/c15-11-5-12(16)14(13(6-11)19(20)21)18-8-10-3-1-2-9(4-10)7-17/h1-6,18H,8H2. The normalized spacial score (nSPS) is 9.95. The fourth-order valence-electron chi connectivity index (χ4n) is 1.82. The predicted molar refractivity (Wildman–Crippen MR) is 71.5 cm³/mol. The highest BCUT2D eigenvalue weighted by Gasteiger charge is 2.20. The lowest BCUT2D eigenvalue weighted by Gasteiger charge is -2.08. The van der Waals surface area contributed by atoms with Crippen molar-refractivity contribution in [2.24, 2.45) is 0 Å². The maximum absolute atomic E-state index is 13.7. The molecule has 7 heteroatoms. The third-order valence-corrected chi connectivity index (χ3v) is 2.76. The molecule has 0 heterocycles. The fraction of sp³-hybridized carbons (Fsp3) is 0.0714.